The van der Waals surface area contributed by atoms with Gasteiger partial charge >= 0.3 is 0 Å². The van der Waals surface area contributed by atoms with Crippen LogP contribution in [0.1, 0.15) is 5.56 Å². The summed E-state index contributed by atoms with van der Waals surface area (Å²) < 4.78 is 0. The highest BCUT2D eigenvalue weighted by Crippen LogP contribution is 2.29. The predicted octanol–water partition coefficient (Wildman–Crippen LogP) is 3.86. The van der Waals surface area contributed by atoms with Crippen molar-refractivity contribution in [1.82, 2.24) is 4.98 Å². The summed E-state index contributed by atoms with van der Waals surface area (Å²) >= 11 is 0. The third-order valence-electron chi connectivity index (χ3n) is 2.01. The van der Waals surface area contributed by atoms with Crippen LogP contribution in [0.2, 0.25) is 0 Å². The third-order valence-corrected chi connectivity index (χ3v) is 4.28. The van der Waals surface area contributed by atoms with Gasteiger partial charge in [0, 0.05) is 11.9 Å². The molecule has 0 unspecified atom stereocenters. The maximum Gasteiger partial charge on any atom is 0.106 e. The third kappa shape index (κ3) is 3.91. The van der Waals surface area contributed by atoms with Crippen molar-refractivity contribution in [2.45, 2.75) is 11.4 Å². The molecule has 2 rings (SSSR count). The van der Waals surface area contributed by atoms with Gasteiger partial charge < -0.3 is 0 Å². The van der Waals surface area contributed by atoms with E-state index in [-0.39, 0.29) is 0 Å². The average Bonchev–Trinajstić information content (AvgIpc) is 2.37. The molecule has 0 amide bonds. The lowest BCUT2D eigenvalue weighted by Gasteiger charge is -2.00. The molecule has 1 aromatic carbocycles. The molecule has 0 aliphatic rings. The Bertz CT molecular complexity index is 361. The number of aryl methyl sites for hydroxylation is 1. The Morgan fingerprint density at radius 2 is 2.06 bits per heavy atom. The number of hydrogen-bond acceptors (Lipinski definition) is 3. The minimum atomic E-state index is 1.06. The first-order chi connectivity index (χ1) is 7.95. The molecule has 1 aromatic heterocycles. The lowest BCUT2D eigenvalue weighted by molar-refractivity contribution is 1.14. The number of rotatable bonds is 5. The van der Waals surface area contributed by atoms with E-state index in [1.54, 1.807) is 10.8 Å². The molecule has 2 aromatic rings. The van der Waals surface area contributed by atoms with Crippen LogP contribution in [-0.2, 0) is 6.42 Å². The topological polar surface area (TPSA) is 12.9 Å². The van der Waals surface area contributed by atoms with Gasteiger partial charge in [-0.3, -0.25) is 0 Å². The molecule has 0 N–H and O–H groups in total. The minimum absolute atomic E-state index is 1.06. The van der Waals surface area contributed by atoms with E-state index < -0.39 is 0 Å². The largest absolute Gasteiger partial charge is 0.249 e. The average molecular weight is 246 g/mol. The van der Waals surface area contributed by atoms with Gasteiger partial charge in [-0.25, -0.2) is 4.98 Å². The van der Waals surface area contributed by atoms with Crippen LogP contribution in [0.5, 0.6) is 0 Å². The van der Waals surface area contributed by atoms with E-state index in [4.69, 9.17) is 0 Å². The first kappa shape index (κ1) is 11.6. The Morgan fingerprint density at radius 1 is 1.12 bits per heavy atom. The monoisotopic (exact) mass is 246 g/mol. The SMILES string of the molecule is [c]1ccccc1CCSSc1ccccn1. The number of aromatic nitrogens is 1. The Labute approximate surface area is 104 Å². The predicted molar refractivity (Wildman–Crippen MR) is 71.5 cm³/mol. The standard InChI is InChI=1S/C13H12NS2/c1-2-6-12(7-3-1)9-11-15-16-13-8-4-5-10-14-13/h1-6,8,10H,9,11H2. The van der Waals surface area contributed by atoms with Crippen LogP contribution in [0, 0.1) is 6.07 Å². The van der Waals surface area contributed by atoms with Gasteiger partial charge in [0.25, 0.3) is 0 Å². The van der Waals surface area contributed by atoms with Gasteiger partial charge in [-0.1, -0.05) is 41.1 Å². The molecular formula is C13H12NS2. The summed E-state index contributed by atoms with van der Waals surface area (Å²) in [6.45, 7) is 0. The lowest BCUT2D eigenvalue weighted by atomic mass is 10.2. The van der Waals surface area contributed by atoms with Crippen LogP contribution in [0.25, 0.3) is 0 Å². The highest BCUT2D eigenvalue weighted by atomic mass is 33.1. The van der Waals surface area contributed by atoms with Gasteiger partial charge in [-0.05, 0) is 41.0 Å². The fraction of sp³-hybridized carbons (Fsp3) is 0.154. The van der Waals surface area contributed by atoms with E-state index in [1.165, 1.54) is 5.56 Å². The summed E-state index contributed by atoms with van der Waals surface area (Å²) in [7, 11) is 3.57. The smallest absolute Gasteiger partial charge is 0.106 e. The summed E-state index contributed by atoms with van der Waals surface area (Å²) in [6, 6.07) is 17.4. The second-order valence-electron chi connectivity index (χ2n) is 3.21. The maximum absolute atomic E-state index is 4.26. The molecule has 0 atom stereocenters. The van der Waals surface area contributed by atoms with Crippen LogP contribution in [0.4, 0.5) is 0 Å². The van der Waals surface area contributed by atoms with E-state index in [1.807, 2.05) is 47.3 Å². The molecule has 1 heterocycles. The Kier molecular flexibility index (Phi) is 4.77. The molecule has 0 spiro atoms. The van der Waals surface area contributed by atoms with Crippen molar-refractivity contribution in [3.8, 4) is 0 Å². The van der Waals surface area contributed by atoms with Crippen molar-refractivity contribution in [1.29, 1.82) is 0 Å². The van der Waals surface area contributed by atoms with Crippen LogP contribution in [0.3, 0.4) is 0 Å². The number of benzene rings is 1. The molecule has 0 fully saturated rings. The minimum Gasteiger partial charge on any atom is -0.249 e. The van der Waals surface area contributed by atoms with E-state index in [2.05, 4.69) is 23.2 Å². The van der Waals surface area contributed by atoms with E-state index >= 15 is 0 Å². The maximum atomic E-state index is 4.26. The van der Waals surface area contributed by atoms with Crippen molar-refractivity contribution in [3.05, 3.63) is 60.3 Å². The lowest BCUT2D eigenvalue weighted by Crippen LogP contribution is -1.86. The van der Waals surface area contributed by atoms with Crippen LogP contribution in [-0.4, -0.2) is 10.7 Å². The second kappa shape index (κ2) is 6.61. The zero-order chi connectivity index (χ0) is 11.1. The summed E-state index contributed by atoms with van der Waals surface area (Å²) in [4.78, 5) is 4.26. The fourth-order valence-corrected chi connectivity index (χ4v) is 3.14. The van der Waals surface area contributed by atoms with Crippen LogP contribution >= 0.6 is 21.6 Å². The number of hydrogen-bond donors (Lipinski definition) is 0. The van der Waals surface area contributed by atoms with Crippen molar-refractivity contribution in [3.63, 3.8) is 0 Å². The van der Waals surface area contributed by atoms with Gasteiger partial charge in [0.2, 0.25) is 0 Å². The number of nitrogens with zero attached hydrogens (tertiary/aromatic N) is 1. The van der Waals surface area contributed by atoms with E-state index in [0.29, 0.717) is 0 Å². The molecule has 1 nitrogen and oxygen atoms in total. The molecule has 81 valence electrons. The van der Waals surface area contributed by atoms with Crippen molar-refractivity contribution >= 4 is 21.6 Å². The molecule has 1 radical (unpaired) electrons. The van der Waals surface area contributed by atoms with Crippen LogP contribution in [0.15, 0.2) is 53.7 Å². The Balaban J connectivity index is 1.70. The number of pyridine rings is 1. The quantitative estimate of drug-likeness (QED) is 0.587. The van der Waals surface area contributed by atoms with Gasteiger partial charge in [0.1, 0.15) is 5.03 Å². The molecule has 0 aliphatic carbocycles. The van der Waals surface area contributed by atoms with Crippen molar-refractivity contribution in [2.24, 2.45) is 0 Å². The molecule has 0 bridgehead atoms. The molecule has 0 saturated heterocycles. The van der Waals surface area contributed by atoms with Crippen LogP contribution < -0.4 is 0 Å². The zero-order valence-corrected chi connectivity index (χ0v) is 10.4. The highest BCUT2D eigenvalue weighted by molar-refractivity contribution is 8.76. The summed E-state index contributed by atoms with van der Waals surface area (Å²) in [5.41, 5.74) is 1.27. The van der Waals surface area contributed by atoms with Crippen molar-refractivity contribution < 1.29 is 0 Å². The molecule has 3 heteroatoms. The molecule has 16 heavy (non-hydrogen) atoms. The first-order valence-corrected chi connectivity index (χ1v) is 7.43. The van der Waals surface area contributed by atoms with Gasteiger partial charge in [0.05, 0.1) is 0 Å². The van der Waals surface area contributed by atoms with Gasteiger partial charge in [-0.2, -0.15) is 0 Å². The molecule has 0 aliphatic heterocycles. The molecular weight excluding hydrogens is 234 g/mol. The summed E-state index contributed by atoms with van der Waals surface area (Å²) in [5.74, 6) is 1.09. The van der Waals surface area contributed by atoms with E-state index in [0.717, 1.165) is 17.2 Å². The second-order valence-corrected chi connectivity index (χ2v) is 5.65. The summed E-state index contributed by atoms with van der Waals surface area (Å²) in [6.07, 6.45) is 2.89. The first-order valence-electron chi connectivity index (χ1n) is 5.11. The zero-order valence-electron chi connectivity index (χ0n) is 8.80. The summed E-state index contributed by atoms with van der Waals surface area (Å²) in [5, 5.41) is 1.07. The Hall–Kier alpha value is -0.930. The Morgan fingerprint density at radius 3 is 2.81 bits per heavy atom. The van der Waals surface area contributed by atoms with E-state index in [9.17, 15) is 0 Å². The molecule has 0 saturated carbocycles. The highest BCUT2D eigenvalue weighted by Gasteiger charge is 1.96. The van der Waals surface area contributed by atoms with Crippen molar-refractivity contribution in [2.75, 3.05) is 5.75 Å². The fourth-order valence-electron chi connectivity index (χ4n) is 1.24. The van der Waals surface area contributed by atoms with Gasteiger partial charge in [-0.15, -0.1) is 0 Å². The van der Waals surface area contributed by atoms with Gasteiger partial charge in [0.15, 0.2) is 0 Å². The normalized spacial score (nSPS) is 10.2.